The van der Waals surface area contributed by atoms with Crippen molar-refractivity contribution in [2.24, 2.45) is 5.92 Å². The first-order valence-corrected chi connectivity index (χ1v) is 15.4. The predicted octanol–water partition coefficient (Wildman–Crippen LogP) is 10.6. The molecule has 0 amide bonds. The Morgan fingerprint density at radius 2 is 1.45 bits per heavy atom. The van der Waals surface area contributed by atoms with Gasteiger partial charge in [-0.3, -0.25) is 0 Å². The van der Waals surface area contributed by atoms with E-state index in [-0.39, 0.29) is 11.3 Å². The highest BCUT2D eigenvalue weighted by Crippen LogP contribution is 2.34. The van der Waals surface area contributed by atoms with E-state index in [9.17, 15) is 8.78 Å². The lowest BCUT2D eigenvalue weighted by atomic mass is 9.98. The van der Waals surface area contributed by atoms with Crippen LogP contribution < -0.4 is 4.74 Å². The van der Waals surface area contributed by atoms with E-state index in [0.717, 1.165) is 37.7 Å². The molecule has 1 fully saturated rings. The van der Waals surface area contributed by atoms with Gasteiger partial charge in [0.1, 0.15) is 5.82 Å². The largest absolute Gasteiger partial charge is 0.490 e. The van der Waals surface area contributed by atoms with Gasteiger partial charge in [-0.1, -0.05) is 94.0 Å². The molecule has 0 unspecified atom stereocenters. The summed E-state index contributed by atoms with van der Waals surface area (Å²) < 4.78 is 62.0. The van der Waals surface area contributed by atoms with Gasteiger partial charge in [0.15, 0.2) is 17.9 Å². The monoisotopic (exact) mass is 580 g/mol. The number of rotatable bonds is 15. The van der Waals surface area contributed by atoms with E-state index in [0.29, 0.717) is 42.4 Å². The molecule has 42 heavy (non-hydrogen) atoms. The second kappa shape index (κ2) is 16.5. The predicted molar refractivity (Wildman–Crippen MR) is 163 cm³/mol. The summed E-state index contributed by atoms with van der Waals surface area (Å²) in [4.78, 5) is 0. The molecule has 1 saturated heterocycles. The molecule has 3 aromatic rings. The van der Waals surface area contributed by atoms with Crippen molar-refractivity contribution in [1.29, 1.82) is 0 Å². The third-order valence-electron chi connectivity index (χ3n) is 7.78. The summed E-state index contributed by atoms with van der Waals surface area (Å²) in [5.74, 6) is -2.09. The molecular formula is C36H43F3O3. The normalized spacial score (nSPS) is 17.2. The van der Waals surface area contributed by atoms with Gasteiger partial charge in [0.25, 0.3) is 0 Å². The molecule has 0 aliphatic carbocycles. The van der Waals surface area contributed by atoms with Crippen molar-refractivity contribution >= 4 is 0 Å². The number of hydrogen-bond acceptors (Lipinski definition) is 3. The summed E-state index contributed by atoms with van der Waals surface area (Å²) in [5.41, 5.74) is 2.48. The summed E-state index contributed by atoms with van der Waals surface area (Å²) in [6.07, 6.45) is 13.3. The third kappa shape index (κ3) is 8.71. The zero-order chi connectivity index (χ0) is 29.7. The molecule has 3 nitrogen and oxygen atoms in total. The minimum absolute atomic E-state index is 0.0653. The van der Waals surface area contributed by atoms with Gasteiger partial charge in [0.05, 0.1) is 19.8 Å². The third-order valence-corrected chi connectivity index (χ3v) is 7.78. The second-order valence-electron chi connectivity index (χ2n) is 11.0. The molecule has 0 bridgehead atoms. The lowest BCUT2D eigenvalue weighted by molar-refractivity contribution is -0.207. The summed E-state index contributed by atoms with van der Waals surface area (Å²) in [5, 5.41) is 0. The molecule has 0 spiro atoms. The summed E-state index contributed by atoms with van der Waals surface area (Å²) in [6.45, 7) is 5.63. The van der Waals surface area contributed by atoms with Crippen LogP contribution >= 0.6 is 0 Å². The van der Waals surface area contributed by atoms with Crippen molar-refractivity contribution in [1.82, 2.24) is 0 Å². The van der Waals surface area contributed by atoms with Crippen LogP contribution in [0.15, 0.2) is 66.7 Å². The first-order chi connectivity index (χ1) is 20.5. The van der Waals surface area contributed by atoms with Gasteiger partial charge in [0, 0.05) is 17.0 Å². The Balaban J connectivity index is 1.33. The van der Waals surface area contributed by atoms with E-state index < -0.39 is 23.7 Å². The van der Waals surface area contributed by atoms with Gasteiger partial charge >= 0.3 is 0 Å². The standard InChI is InChI=1S/C36H43F3O3/c1-3-5-7-8-9-10-12-22-40-33-21-20-30(34(38)35(33)39)28-16-14-27(15-17-28)29-18-19-31(32(37)23-29)36-41-24-26(25-42-36)13-11-6-4-2/h4,6,14-21,23,26,36H,3,5,7-13,22,24-25H2,1-2H3. The van der Waals surface area contributed by atoms with Crippen LogP contribution in [-0.2, 0) is 9.47 Å². The summed E-state index contributed by atoms with van der Waals surface area (Å²) in [6, 6.07) is 14.9. The zero-order valence-corrected chi connectivity index (χ0v) is 24.8. The number of allylic oxidation sites excluding steroid dienone is 2. The smallest absolute Gasteiger partial charge is 0.201 e. The van der Waals surface area contributed by atoms with Crippen molar-refractivity contribution in [3.8, 4) is 28.0 Å². The topological polar surface area (TPSA) is 27.7 Å². The molecule has 1 aliphatic heterocycles. The van der Waals surface area contributed by atoms with Crippen LogP contribution in [0.2, 0.25) is 0 Å². The molecule has 4 rings (SSSR count). The van der Waals surface area contributed by atoms with Crippen LogP contribution in [0, 0.1) is 23.4 Å². The average molecular weight is 581 g/mol. The van der Waals surface area contributed by atoms with Gasteiger partial charge < -0.3 is 14.2 Å². The van der Waals surface area contributed by atoms with Crippen molar-refractivity contribution in [3.05, 3.63) is 89.8 Å². The van der Waals surface area contributed by atoms with Gasteiger partial charge in [-0.15, -0.1) is 0 Å². The second-order valence-corrected chi connectivity index (χ2v) is 11.0. The van der Waals surface area contributed by atoms with Crippen LogP contribution in [0.25, 0.3) is 22.3 Å². The maximum absolute atomic E-state index is 15.1. The number of unbranched alkanes of at least 4 members (excludes halogenated alkanes) is 6. The van der Waals surface area contributed by atoms with E-state index in [1.165, 1.54) is 43.9 Å². The van der Waals surface area contributed by atoms with Crippen LogP contribution in [0.5, 0.6) is 5.75 Å². The van der Waals surface area contributed by atoms with Gasteiger partial charge in [-0.25, -0.2) is 8.78 Å². The Kier molecular flexibility index (Phi) is 12.5. The number of ether oxygens (including phenoxy) is 3. The number of halogens is 3. The van der Waals surface area contributed by atoms with E-state index in [1.54, 1.807) is 30.3 Å². The molecule has 0 saturated carbocycles. The molecule has 0 radical (unpaired) electrons. The fourth-order valence-electron chi connectivity index (χ4n) is 5.24. The Labute approximate surface area is 248 Å². The summed E-state index contributed by atoms with van der Waals surface area (Å²) >= 11 is 0. The SMILES string of the molecule is CC=CCCC1COC(c2ccc(-c3ccc(-c4ccc(OCCCCCCCCC)c(F)c4F)cc3)cc2F)OC1. The van der Waals surface area contributed by atoms with Crippen LogP contribution in [0.3, 0.4) is 0 Å². The molecule has 0 aromatic heterocycles. The van der Waals surface area contributed by atoms with E-state index in [2.05, 4.69) is 13.0 Å². The fraction of sp³-hybridized carbons (Fsp3) is 0.444. The highest BCUT2D eigenvalue weighted by atomic mass is 19.2. The lowest BCUT2D eigenvalue weighted by Gasteiger charge is -2.29. The van der Waals surface area contributed by atoms with Gasteiger partial charge in [-0.2, -0.15) is 4.39 Å². The Morgan fingerprint density at radius 3 is 2.14 bits per heavy atom. The minimum Gasteiger partial charge on any atom is -0.490 e. The van der Waals surface area contributed by atoms with Gasteiger partial charge in [0.2, 0.25) is 5.82 Å². The molecule has 0 atom stereocenters. The highest BCUT2D eigenvalue weighted by molar-refractivity contribution is 5.71. The lowest BCUT2D eigenvalue weighted by Crippen LogP contribution is -2.27. The molecule has 6 heteroatoms. The first-order valence-electron chi connectivity index (χ1n) is 15.4. The van der Waals surface area contributed by atoms with Crippen molar-refractivity contribution in [2.75, 3.05) is 19.8 Å². The van der Waals surface area contributed by atoms with E-state index >= 15 is 4.39 Å². The molecule has 226 valence electrons. The number of hydrogen-bond donors (Lipinski definition) is 0. The fourth-order valence-corrected chi connectivity index (χ4v) is 5.24. The highest BCUT2D eigenvalue weighted by Gasteiger charge is 2.25. The van der Waals surface area contributed by atoms with Crippen LogP contribution in [-0.4, -0.2) is 19.8 Å². The molecule has 1 aliphatic rings. The molecular weight excluding hydrogens is 537 g/mol. The minimum atomic E-state index is -0.978. The Bertz CT molecular complexity index is 1280. The van der Waals surface area contributed by atoms with E-state index in [4.69, 9.17) is 14.2 Å². The van der Waals surface area contributed by atoms with Crippen LogP contribution in [0.4, 0.5) is 13.2 Å². The maximum atomic E-state index is 15.1. The van der Waals surface area contributed by atoms with E-state index in [1.807, 2.05) is 19.1 Å². The molecule has 0 N–H and O–H groups in total. The van der Waals surface area contributed by atoms with Crippen molar-refractivity contribution in [3.63, 3.8) is 0 Å². The quantitative estimate of drug-likeness (QED) is 0.132. The maximum Gasteiger partial charge on any atom is 0.201 e. The molecule has 1 heterocycles. The zero-order valence-electron chi connectivity index (χ0n) is 24.8. The number of benzene rings is 3. The first kappa shape index (κ1) is 31.8. The van der Waals surface area contributed by atoms with Crippen molar-refractivity contribution < 1.29 is 27.4 Å². The average Bonchev–Trinajstić information content (AvgIpc) is 3.01. The Morgan fingerprint density at radius 1 is 0.786 bits per heavy atom. The molecule has 3 aromatic carbocycles. The summed E-state index contributed by atoms with van der Waals surface area (Å²) in [7, 11) is 0. The Hall–Kier alpha value is -3.09. The van der Waals surface area contributed by atoms with Gasteiger partial charge in [-0.05, 0) is 61.1 Å². The van der Waals surface area contributed by atoms with Crippen LogP contribution in [0.1, 0.15) is 83.5 Å². The van der Waals surface area contributed by atoms with Crippen molar-refractivity contribution in [2.45, 2.75) is 77.9 Å².